The standard InChI is InChI=1S/C17H25N3O/c1-11-7-8-13(17(3,4)5)9-14(11)20-16-15(21-6)10-18-12(2)19-16/h7-9,15H,10H2,1-6H3,(H,18,19,20). The van der Waals surface area contributed by atoms with Crippen LogP contribution in [0.4, 0.5) is 5.69 Å². The van der Waals surface area contributed by atoms with Crippen molar-refractivity contribution >= 4 is 17.4 Å². The second kappa shape index (κ2) is 5.98. The summed E-state index contributed by atoms with van der Waals surface area (Å²) >= 11 is 0. The number of hydrogen-bond acceptors (Lipinski definition) is 4. The molecule has 1 atom stereocenters. The van der Waals surface area contributed by atoms with E-state index in [0.29, 0.717) is 6.54 Å². The summed E-state index contributed by atoms with van der Waals surface area (Å²) in [4.78, 5) is 8.81. The summed E-state index contributed by atoms with van der Waals surface area (Å²) in [5.41, 5.74) is 3.70. The molecule has 0 aromatic heterocycles. The molecule has 2 rings (SSSR count). The fourth-order valence-corrected chi connectivity index (χ4v) is 2.24. The number of methoxy groups -OCH3 is 1. The molecule has 0 saturated heterocycles. The van der Waals surface area contributed by atoms with Gasteiger partial charge in [0.1, 0.15) is 17.8 Å². The smallest absolute Gasteiger partial charge is 0.139 e. The summed E-state index contributed by atoms with van der Waals surface area (Å²) < 4.78 is 5.46. The highest BCUT2D eigenvalue weighted by Gasteiger charge is 2.21. The van der Waals surface area contributed by atoms with Crippen LogP contribution in [0.2, 0.25) is 0 Å². The Kier molecular flexibility index (Phi) is 4.47. The highest BCUT2D eigenvalue weighted by molar-refractivity contribution is 6.07. The van der Waals surface area contributed by atoms with E-state index in [4.69, 9.17) is 4.74 Å². The Labute approximate surface area is 127 Å². The average Bonchev–Trinajstić information content (AvgIpc) is 2.40. The molecule has 1 unspecified atom stereocenters. The molecule has 0 fully saturated rings. The van der Waals surface area contributed by atoms with Crippen LogP contribution < -0.4 is 5.32 Å². The maximum absolute atomic E-state index is 5.46. The van der Waals surface area contributed by atoms with Crippen molar-refractivity contribution in [2.24, 2.45) is 9.98 Å². The van der Waals surface area contributed by atoms with Gasteiger partial charge in [0.05, 0.1) is 6.54 Å². The monoisotopic (exact) mass is 287 g/mol. The van der Waals surface area contributed by atoms with Crippen molar-refractivity contribution in [1.82, 2.24) is 0 Å². The Bertz CT molecular complexity index is 582. The van der Waals surface area contributed by atoms with Gasteiger partial charge in [-0.05, 0) is 36.5 Å². The number of nitrogens with zero attached hydrogens (tertiary/aromatic N) is 2. The summed E-state index contributed by atoms with van der Waals surface area (Å²) in [6.45, 7) is 11.3. The largest absolute Gasteiger partial charge is 0.372 e. The van der Waals surface area contributed by atoms with E-state index >= 15 is 0 Å². The zero-order valence-corrected chi connectivity index (χ0v) is 13.8. The Morgan fingerprint density at radius 3 is 2.57 bits per heavy atom. The van der Waals surface area contributed by atoms with Crippen LogP contribution in [0.25, 0.3) is 0 Å². The Balaban J connectivity index is 2.32. The molecule has 0 spiro atoms. The quantitative estimate of drug-likeness (QED) is 0.904. The van der Waals surface area contributed by atoms with Gasteiger partial charge in [-0.15, -0.1) is 0 Å². The Morgan fingerprint density at radius 2 is 1.95 bits per heavy atom. The summed E-state index contributed by atoms with van der Waals surface area (Å²) in [6.07, 6.45) is -0.105. The van der Waals surface area contributed by atoms with Crippen LogP contribution in [-0.2, 0) is 10.2 Å². The third-order valence-electron chi connectivity index (χ3n) is 3.72. The number of rotatable bonds is 2. The molecule has 0 saturated carbocycles. The number of anilines is 1. The molecule has 4 heteroatoms. The highest BCUT2D eigenvalue weighted by Crippen LogP contribution is 2.27. The summed E-state index contributed by atoms with van der Waals surface area (Å²) in [5.74, 6) is 1.62. The van der Waals surface area contributed by atoms with E-state index in [1.165, 1.54) is 11.1 Å². The number of amidine groups is 2. The fourth-order valence-electron chi connectivity index (χ4n) is 2.24. The molecular formula is C17H25N3O. The predicted molar refractivity (Wildman–Crippen MR) is 89.7 cm³/mol. The van der Waals surface area contributed by atoms with Crippen molar-refractivity contribution in [1.29, 1.82) is 0 Å². The summed E-state index contributed by atoms with van der Waals surface area (Å²) in [7, 11) is 1.69. The number of aliphatic imine (C=N–C) groups is 2. The minimum Gasteiger partial charge on any atom is -0.372 e. The van der Waals surface area contributed by atoms with E-state index < -0.39 is 0 Å². The first kappa shape index (κ1) is 15.7. The van der Waals surface area contributed by atoms with Crippen LogP contribution in [0.5, 0.6) is 0 Å². The van der Waals surface area contributed by atoms with Gasteiger partial charge in [0.15, 0.2) is 0 Å². The molecule has 114 valence electrons. The number of ether oxygens (including phenoxy) is 1. The second-order valence-corrected chi connectivity index (χ2v) is 6.51. The normalized spacial score (nSPS) is 19.0. The Hall–Kier alpha value is -1.68. The van der Waals surface area contributed by atoms with Gasteiger partial charge in [-0.2, -0.15) is 0 Å². The first-order valence-corrected chi connectivity index (χ1v) is 7.32. The van der Waals surface area contributed by atoms with E-state index in [2.05, 4.69) is 61.2 Å². The van der Waals surface area contributed by atoms with E-state index in [-0.39, 0.29) is 11.5 Å². The maximum atomic E-state index is 5.46. The van der Waals surface area contributed by atoms with E-state index in [1.54, 1.807) is 7.11 Å². The lowest BCUT2D eigenvalue weighted by atomic mass is 9.86. The lowest BCUT2D eigenvalue weighted by Crippen LogP contribution is -2.36. The third kappa shape index (κ3) is 3.70. The van der Waals surface area contributed by atoms with Crippen LogP contribution in [0, 0.1) is 6.92 Å². The van der Waals surface area contributed by atoms with Crippen LogP contribution in [0.3, 0.4) is 0 Å². The molecule has 1 N–H and O–H groups in total. The van der Waals surface area contributed by atoms with Gasteiger partial charge in [-0.1, -0.05) is 32.9 Å². The third-order valence-corrected chi connectivity index (χ3v) is 3.72. The molecule has 0 radical (unpaired) electrons. The molecule has 1 heterocycles. The lowest BCUT2D eigenvalue weighted by Gasteiger charge is -2.24. The van der Waals surface area contributed by atoms with Crippen molar-refractivity contribution < 1.29 is 4.74 Å². The molecular weight excluding hydrogens is 262 g/mol. The van der Waals surface area contributed by atoms with E-state index in [0.717, 1.165) is 17.4 Å². The topological polar surface area (TPSA) is 46.0 Å². The first-order valence-electron chi connectivity index (χ1n) is 7.32. The SMILES string of the molecule is COC1CN=C(C)N=C1Nc1cc(C(C)(C)C)ccc1C. The van der Waals surface area contributed by atoms with Crippen molar-refractivity contribution in [3.05, 3.63) is 29.3 Å². The van der Waals surface area contributed by atoms with E-state index in [1.807, 2.05) is 6.92 Å². The van der Waals surface area contributed by atoms with Gasteiger partial charge in [0, 0.05) is 12.8 Å². The second-order valence-electron chi connectivity index (χ2n) is 6.51. The maximum Gasteiger partial charge on any atom is 0.139 e. The zero-order valence-electron chi connectivity index (χ0n) is 13.8. The first-order chi connectivity index (χ1) is 9.81. The van der Waals surface area contributed by atoms with Gasteiger partial charge in [-0.25, -0.2) is 4.99 Å². The molecule has 1 aromatic carbocycles. The molecule has 21 heavy (non-hydrogen) atoms. The van der Waals surface area contributed by atoms with Gasteiger partial charge >= 0.3 is 0 Å². The van der Waals surface area contributed by atoms with Crippen LogP contribution in [-0.4, -0.2) is 31.4 Å². The molecule has 0 bridgehead atoms. The number of benzene rings is 1. The minimum absolute atomic E-state index is 0.105. The number of aryl methyl sites for hydroxylation is 1. The summed E-state index contributed by atoms with van der Waals surface area (Å²) in [5, 5.41) is 3.44. The Morgan fingerprint density at radius 1 is 1.24 bits per heavy atom. The lowest BCUT2D eigenvalue weighted by molar-refractivity contribution is 0.161. The minimum atomic E-state index is -0.105. The van der Waals surface area contributed by atoms with Gasteiger partial charge in [0.2, 0.25) is 0 Å². The average molecular weight is 287 g/mol. The number of hydrogen-bond donors (Lipinski definition) is 1. The fraction of sp³-hybridized carbons (Fsp3) is 0.529. The summed E-state index contributed by atoms with van der Waals surface area (Å²) in [6, 6.07) is 6.53. The van der Waals surface area contributed by atoms with Crippen molar-refractivity contribution in [2.75, 3.05) is 19.0 Å². The van der Waals surface area contributed by atoms with Crippen molar-refractivity contribution in [3.63, 3.8) is 0 Å². The molecule has 1 aromatic rings. The molecule has 4 nitrogen and oxygen atoms in total. The highest BCUT2D eigenvalue weighted by atomic mass is 16.5. The van der Waals surface area contributed by atoms with Crippen molar-refractivity contribution in [3.8, 4) is 0 Å². The molecule has 1 aliphatic heterocycles. The van der Waals surface area contributed by atoms with Crippen LogP contribution in [0.15, 0.2) is 28.2 Å². The van der Waals surface area contributed by atoms with Gasteiger partial charge in [0.25, 0.3) is 0 Å². The van der Waals surface area contributed by atoms with E-state index in [9.17, 15) is 0 Å². The zero-order chi connectivity index (χ0) is 15.6. The van der Waals surface area contributed by atoms with Gasteiger partial charge < -0.3 is 10.1 Å². The van der Waals surface area contributed by atoms with Gasteiger partial charge in [-0.3, -0.25) is 4.99 Å². The van der Waals surface area contributed by atoms with Crippen LogP contribution in [0.1, 0.15) is 38.8 Å². The van der Waals surface area contributed by atoms with Crippen LogP contribution >= 0.6 is 0 Å². The predicted octanol–water partition coefficient (Wildman–Crippen LogP) is 3.55. The molecule has 0 amide bonds. The number of nitrogens with one attached hydrogen (secondary N) is 1. The molecule has 0 aliphatic carbocycles. The molecule has 1 aliphatic rings. The van der Waals surface area contributed by atoms with Crippen molar-refractivity contribution in [2.45, 2.75) is 46.1 Å².